The minimum absolute atomic E-state index is 0.0234. The standard InChI is InChI=1S/C23H20F2N4O2/c1-14(30)13-27-23(26-3)17-6-4-5-16(9-17)10-21-22(31)7-8-29(28-21)18-11-19(24)15(2)20(25)12-18/h4-9,11-13,30H,3,10H2,1-2H3/b14-13+,27-23?. The average molecular weight is 422 g/mol. The molecule has 3 aromatic rings. The highest BCUT2D eigenvalue weighted by atomic mass is 19.1. The smallest absolute Gasteiger partial charge is 0.203 e. The maximum absolute atomic E-state index is 13.9. The highest BCUT2D eigenvalue weighted by molar-refractivity contribution is 6.01. The molecular weight excluding hydrogens is 402 g/mol. The van der Waals surface area contributed by atoms with E-state index in [1.807, 2.05) is 0 Å². The van der Waals surface area contributed by atoms with Gasteiger partial charge in [-0.05, 0) is 32.2 Å². The number of rotatable bonds is 5. The van der Waals surface area contributed by atoms with E-state index < -0.39 is 11.6 Å². The first-order valence-electron chi connectivity index (χ1n) is 9.33. The summed E-state index contributed by atoms with van der Waals surface area (Å²) in [6, 6.07) is 10.7. The van der Waals surface area contributed by atoms with Crippen molar-refractivity contribution in [1.82, 2.24) is 9.78 Å². The largest absolute Gasteiger partial charge is 0.511 e. The zero-order valence-corrected chi connectivity index (χ0v) is 17.0. The minimum Gasteiger partial charge on any atom is -0.511 e. The number of halogens is 2. The van der Waals surface area contributed by atoms with Gasteiger partial charge in [-0.15, -0.1) is 0 Å². The average Bonchev–Trinajstić information content (AvgIpc) is 2.74. The van der Waals surface area contributed by atoms with Gasteiger partial charge in [0, 0.05) is 41.9 Å². The lowest BCUT2D eigenvalue weighted by molar-refractivity contribution is 0.412. The van der Waals surface area contributed by atoms with Crippen LogP contribution in [0.25, 0.3) is 5.69 Å². The van der Waals surface area contributed by atoms with Crippen LogP contribution in [0.3, 0.4) is 0 Å². The Kier molecular flexibility index (Phi) is 6.49. The van der Waals surface area contributed by atoms with E-state index in [9.17, 15) is 18.7 Å². The number of nitrogens with zero attached hydrogens (tertiary/aromatic N) is 4. The SMILES string of the molecule is C=NC(=N/C=C(\C)O)c1cccc(Cc2nn(-c3cc(F)c(C)c(F)c3)ccc2=O)c1. The summed E-state index contributed by atoms with van der Waals surface area (Å²) in [5, 5.41) is 13.6. The zero-order chi connectivity index (χ0) is 22.5. The lowest BCUT2D eigenvalue weighted by atomic mass is 10.1. The Morgan fingerprint density at radius 2 is 1.94 bits per heavy atom. The summed E-state index contributed by atoms with van der Waals surface area (Å²) >= 11 is 0. The van der Waals surface area contributed by atoms with Gasteiger partial charge < -0.3 is 5.11 Å². The van der Waals surface area contributed by atoms with E-state index in [-0.39, 0.29) is 34.6 Å². The van der Waals surface area contributed by atoms with Gasteiger partial charge in [0.05, 0.1) is 11.9 Å². The van der Waals surface area contributed by atoms with Gasteiger partial charge in [0.1, 0.15) is 23.1 Å². The molecule has 0 radical (unpaired) electrons. The number of hydrogen-bond donors (Lipinski definition) is 1. The molecule has 0 aliphatic carbocycles. The summed E-state index contributed by atoms with van der Waals surface area (Å²) in [6.45, 7) is 6.32. The molecule has 0 saturated carbocycles. The van der Waals surface area contributed by atoms with Gasteiger partial charge in [-0.1, -0.05) is 18.2 Å². The number of aromatic nitrogens is 2. The van der Waals surface area contributed by atoms with Crippen molar-refractivity contribution in [3.63, 3.8) is 0 Å². The Bertz CT molecular complexity index is 1240. The number of aliphatic hydroxyl groups is 1. The highest BCUT2D eigenvalue weighted by Gasteiger charge is 2.11. The van der Waals surface area contributed by atoms with Crippen LogP contribution in [-0.2, 0) is 6.42 Å². The maximum Gasteiger partial charge on any atom is 0.203 e. The third-order valence-corrected chi connectivity index (χ3v) is 4.49. The summed E-state index contributed by atoms with van der Waals surface area (Å²) < 4.78 is 29.1. The molecule has 1 N–H and O–H groups in total. The van der Waals surface area contributed by atoms with Crippen molar-refractivity contribution in [2.45, 2.75) is 20.3 Å². The minimum atomic E-state index is -0.694. The quantitative estimate of drug-likeness (QED) is 0.379. The van der Waals surface area contributed by atoms with Gasteiger partial charge in [0.25, 0.3) is 0 Å². The molecular formula is C23H20F2N4O2. The van der Waals surface area contributed by atoms with Crippen molar-refractivity contribution in [1.29, 1.82) is 0 Å². The second-order valence-electron chi connectivity index (χ2n) is 6.86. The molecule has 0 spiro atoms. The predicted octanol–water partition coefficient (Wildman–Crippen LogP) is 4.28. The third-order valence-electron chi connectivity index (χ3n) is 4.49. The predicted molar refractivity (Wildman–Crippen MR) is 116 cm³/mol. The first-order chi connectivity index (χ1) is 14.8. The number of aliphatic hydroxyl groups excluding tert-OH is 1. The van der Waals surface area contributed by atoms with Gasteiger partial charge in [-0.25, -0.2) is 23.4 Å². The van der Waals surface area contributed by atoms with Crippen molar-refractivity contribution in [3.05, 3.63) is 105 Å². The van der Waals surface area contributed by atoms with Crippen LogP contribution in [0.4, 0.5) is 8.78 Å². The van der Waals surface area contributed by atoms with E-state index in [0.29, 0.717) is 11.4 Å². The van der Waals surface area contributed by atoms with Gasteiger partial charge >= 0.3 is 0 Å². The number of allylic oxidation sites excluding steroid dienone is 1. The van der Waals surface area contributed by atoms with E-state index in [1.165, 1.54) is 37.0 Å². The van der Waals surface area contributed by atoms with E-state index in [4.69, 9.17) is 0 Å². The Morgan fingerprint density at radius 1 is 1.23 bits per heavy atom. The van der Waals surface area contributed by atoms with Crippen LogP contribution in [0.15, 0.2) is 75.4 Å². The van der Waals surface area contributed by atoms with Gasteiger partial charge in [-0.2, -0.15) is 5.10 Å². The van der Waals surface area contributed by atoms with Gasteiger partial charge in [0.15, 0.2) is 5.84 Å². The molecule has 0 aliphatic heterocycles. The molecule has 0 aliphatic rings. The first kappa shape index (κ1) is 21.8. The Hall–Kier alpha value is -3.94. The molecule has 3 rings (SSSR count). The van der Waals surface area contributed by atoms with E-state index in [0.717, 1.165) is 17.7 Å². The maximum atomic E-state index is 13.9. The van der Waals surface area contributed by atoms with Crippen molar-refractivity contribution in [3.8, 4) is 5.69 Å². The lowest BCUT2D eigenvalue weighted by Crippen LogP contribution is -2.16. The second kappa shape index (κ2) is 9.25. The molecule has 31 heavy (non-hydrogen) atoms. The molecule has 0 amide bonds. The van der Waals surface area contributed by atoms with Crippen LogP contribution >= 0.6 is 0 Å². The van der Waals surface area contributed by atoms with E-state index in [2.05, 4.69) is 21.8 Å². The third kappa shape index (κ3) is 5.16. The van der Waals surface area contributed by atoms with Crippen LogP contribution in [0.5, 0.6) is 0 Å². The fraction of sp³-hybridized carbons (Fsp3) is 0.130. The highest BCUT2D eigenvalue weighted by Crippen LogP contribution is 2.17. The lowest BCUT2D eigenvalue weighted by Gasteiger charge is -2.10. The topological polar surface area (TPSA) is 79.8 Å². The van der Waals surface area contributed by atoms with E-state index >= 15 is 0 Å². The molecule has 0 atom stereocenters. The monoisotopic (exact) mass is 422 g/mol. The molecule has 8 heteroatoms. The summed E-state index contributed by atoms with van der Waals surface area (Å²) in [4.78, 5) is 20.3. The zero-order valence-electron chi connectivity index (χ0n) is 17.0. The molecule has 0 fully saturated rings. The molecule has 0 bridgehead atoms. The molecule has 6 nitrogen and oxygen atoms in total. The Morgan fingerprint density at radius 3 is 2.58 bits per heavy atom. The number of aliphatic imine (C=N–C) groups is 2. The summed E-state index contributed by atoms with van der Waals surface area (Å²) in [6.07, 6.45) is 2.80. The Labute approximate surface area is 177 Å². The second-order valence-corrected chi connectivity index (χ2v) is 6.86. The van der Waals surface area contributed by atoms with Crippen molar-refractivity contribution < 1.29 is 13.9 Å². The summed E-state index contributed by atoms with van der Waals surface area (Å²) in [5.41, 5.74) is 1.39. The van der Waals surface area contributed by atoms with Crippen LogP contribution in [0.1, 0.15) is 29.3 Å². The van der Waals surface area contributed by atoms with Crippen LogP contribution in [0, 0.1) is 18.6 Å². The fourth-order valence-corrected chi connectivity index (χ4v) is 2.85. The number of benzene rings is 2. The molecule has 1 aromatic heterocycles. The first-order valence-corrected chi connectivity index (χ1v) is 9.33. The van der Waals surface area contributed by atoms with Crippen molar-refractivity contribution in [2.75, 3.05) is 0 Å². The molecule has 158 valence electrons. The van der Waals surface area contributed by atoms with Crippen LogP contribution in [0.2, 0.25) is 0 Å². The number of amidine groups is 1. The van der Waals surface area contributed by atoms with Crippen LogP contribution in [-0.4, -0.2) is 27.4 Å². The van der Waals surface area contributed by atoms with Crippen molar-refractivity contribution >= 4 is 12.6 Å². The number of hydrogen-bond acceptors (Lipinski definition) is 4. The van der Waals surface area contributed by atoms with Gasteiger partial charge in [0.2, 0.25) is 5.43 Å². The molecule has 0 unspecified atom stereocenters. The van der Waals surface area contributed by atoms with Gasteiger partial charge in [-0.3, -0.25) is 4.79 Å². The normalized spacial score (nSPS) is 12.1. The molecule has 1 heterocycles. The summed E-state index contributed by atoms with van der Waals surface area (Å²) in [7, 11) is 0. The van der Waals surface area contributed by atoms with E-state index in [1.54, 1.807) is 24.3 Å². The Balaban J connectivity index is 1.96. The van der Waals surface area contributed by atoms with Crippen molar-refractivity contribution in [2.24, 2.45) is 9.98 Å². The fourth-order valence-electron chi connectivity index (χ4n) is 2.85. The van der Waals surface area contributed by atoms with Crippen LogP contribution < -0.4 is 5.43 Å². The molecule has 0 saturated heterocycles. The molecule has 2 aromatic carbocycles. The summed E-state index contributed by atoms with van der Waals surface area (Å²) in [5.74, 6) is -1.06.